The van der Waals surface area contributed by atoms with Crippen LogP contribution in [0.15, 0.2) is 29.2 Å². The lowest BCUT2D eigenvalue weighted by atomic mass is 10.2. The second-order valence-electron chi connectivity index (χ2n) is 4.89. The van der Waals surface area contributed by atoms with Gasteiger partial charge in [0.15, 0.2) is 0 Å². The average molecular weight is 315 g/mol. The molecule has 0 amide bonds. The number of benzene rings is 1. The first-order valence-electron chi connectivity index (χ1n) is 6.76. The van der Waals surface area contributed by atoms with Gasteiger partial charge in [0.1, 0.15) is 0 Å². The van der Waals surface area contributed by atoms with Crippen LogP contribution in [-0.4, -0.2) is 59.3 Å². The van der Waals surface area contributed by atoms with E-state index in [0.717, 1.165) is 5.56 Å². The summed E-state index contributed by atoms with van der Waals surface area (Å²) in [6.07, 6.45) is -0.222. The Morgan fingerprint density at radius 3 is 2.86 bits per heavy atom. The van der Waals surface area contributed by atoms with Crippen LogP contribution in [-0.2, 0) is 30.8 Å². The predicted molar refractivity (Wildman–Crippen MR) is 77.5 cm³/mol. The zero-order chi connectivity index (χ0) is 15.3. The number of methoxy groups -OCH3 is 2. The van der Waals surface area contributed by atoms with Gasteiger partial charge < -0.3 is 14.2 Å². The first kappa shape index (κ1) is 16.4. The maximum Gasteiger partial charge on any atom is 0.243 e. The van der Waals surface area contributed by atoms with Crippen LogP contribution in [0.5, 0.6) is 0 Å². The lowest BCUT2D eigenvalue weighted by Gasteiger charge is -2.31. The standard InChI is InChI=1S/C14H21NO5S/c1-18-10-12-4-3-5-14(8-12)21(16,17)15-6-7-20-13(9-15)11-19-2/h3-5,8,13H,6-7,9-11H2,1-2H3. The molecule has 6 nitrogen and oxygen atoms in total. The first-order chi connectivity index (χ1) is 10.1. The number of hydrogen-bond donors (Lipinski definition) is 0. The second-order valence-corrected chi connectivity index (χ2v) is 6.83. The zero-order valence-corrected chi connectivity index (χ0v) is 13.1. The van der Waals surface area contributed by atoms with E-state index in [1.807, 2.05) is 6.07 Å². The van der Waals surface area contributed by atoms with Crippen molar-refractivity contribution >= 4 is 10.0 Å². The van der Waals surface area contributed by atoms with Crippen molar-refractivity contribution in [3.05, 3.63) is 29.8 Å². The molecule has 0 radical (unpaired) electrons. The predicted octanol–water partition coefficient (Wildman–Crippen LogP) is 0.869. The summed E-state index contributed by atoms with van der Waals surface area (Å²) in [6, 6.07) is 6.83. The molecular formula is C14H21NO5S. The Balaban J connectivity index is 2.18. The molecule has 1 unspecified atom stereocenters. The van der Waals surface area contributed by atoms with Crippen LogP contribution in [0.1, 0.15) is 5.56 Å². The monoisotopic (exact) mass is 315 g/mol. The van der Waals surface area contributed by atoms with Gasteiger partial charge in [0.25, 0.3) is 0 Å². The smallest absolute Gasteiger partial charge is 0.243 e. The number of sulfonamides is 1. The van der Waals surface area contributed by atoms with Crippen LogP contribution < -0.4 is 0 Å². The van der Waals surface area contributed by atoms with Gasteiger partial charge in [0.2, 0.25) is 10.0 Å². The minimum Gasteiger partial charge on any atom is -0.382 e. The van der Waals surface area contributed by atoms with E-state index in [1.165, 1.54) is 4.31 Å². The largest absolute Gasteiger partial charge is 0.382 e. The average Bonchev–Trinajstić information content (AvgIpc) is 2.48. The molecule has 1 atom stereocenters. The number of rotatable bonds is 6. The molecule has 0 bridgehead atoms. The summed E-state index contributed by atoms with van der Waals surface area (Å²) in [5, 5.41) is 0. The SMILES string of the molecule is COCc1cccc(S(=O)(=O)N2CCOC(COC)C2)c1. The van der Waals surface area contributed by atoms with Gasteiger partial charge in [-0.25, -0.2) is 8.42 Å². The third-order valence-electron chi connectivity index (χ3n) is 3.30. The molecule has 1 aliphatic rings. The quantitative estimate of drug-likeness (QED) is 0.779. The highest BCUT2D eigenvalue weighted by atomic mass is 32.2. The summed E-state index contributed by atoms with van der Waals surface area (Å²) in [7, 11) is -0.356. The zero-order valence-electron chi connectivity index (χ0n) is 12.3. The summed E-state index contributed by atoms with van der Waals surface area (Å²) >= 11 is 0. The van der Waals surface area contributed by atoms with Crippen LogP contribution in [0.2, 0.25) is 0 Å². The van der Waals surface area contributed by atoms with E-state index in [1.54, 1.807) is 32.4 Å². The van der Waals surface area contributed by atoms with Crippen molar-refractivity contribution in [3.63, 3.8) is 0 Å². The van der Waals surface area contributed by atoms with Crippen molar-refractivity contribution in [3.8, 4) is 0 Å². The second kappa shape index (κ2) is 7.33. The molecule has 1 aromatic carbocycles. The molecule has 0 spiro atoms. The summed E-state index contributed by atoms with van der Waals surface area (Å²) in [6.45, 7) is 1.82. The maximum absolute atomic E-state index is 12.7. The summed E-state index contributed by atoms with van der Waals surface area (Å²) < 4.78 is 42.4. The van der Waals surface area contributed by atoms with Gasteiger partial charge in [0.05, 0.1) is 30.8 Å². The van der Waals surface area contributed by atoms with Crippen LogP contribution in [0, 0.1) is 0 Å². The molecule has 0 aromatic heterocycles. The van der Waals surface area contributed by atoms with Gasteiger partial charge >= 0.3 is 0 Å². The number of ether oxygens (including phenoxy) is 3. The molecule has 118 valence electrons. The van der Waals surface area contributed by atoms with E-state index in [-0.39, 0.29) is 11.0 Å². The molecule has 1 fully saturated rings. The highest BCUT2D eigenvalue weighted by Crippen LogP contribution is 2.20. The maximum atomic E-state index is 12.7. The minimum absolute atomic E-state index is 0.222. The lowest BCUT2D eigenvalue weighted by Crippen LogP contribution is -2.47. The Morgan fingerprint density at radius 1 is 1.33 bits per heavy atom. The third-order valence-corrected chi connectivity index (χ3v) is 5.16. The first-order valence-corrected chi connectivity index (χ1v) is 8.20. The Kier molecular flexibility index (Phi) is 5.72. The van der Waals surface area contributed by atoms with E-state index in [9.17, 15) is 8.42 Å². The van der Waals surface area contributed by atoms with Gasteiger partial charge in [-0.3, -0.25) is 0 Å². The Labute approximate surface area is 125 Å². The Hall–Kier alpha value is -0.990. The van der Waals surface area contributed by atoms with Gasteiger partial charge in [-0.1, -0.05) is 12.1 Å². The third kappa shape index (κ3) is 4.02. The molecule has 1 heterocycles. The number of morpholine rings is 1. The molecule has 0 saturated carbocycles. The summed E-state index contributed by atoms with van der Waals surface area (Å²) in [5.74, 6) is 0. The molecule has 0 aliphatic carbocycles. The molecule has 7 heteroatoms. The van der Waals surface area contributed by atoms with Crippen molar-refractivity contribution in [2.24, 2.45) is 0 Å². The minimum atomic E-state index is -3.51. The van der Waals surface area contributed by atoms with E-state index in [4.69, 9.17) is 14.2 Å². The molecule has 1 saturated heterocycles. The fourth-order valence-corrected chi connectivity index (χ4v) is 3.84. The lowest BCUT2D eigenvalue weighted by molar-refractivity contribution is -0.0406. The highest BCUT2D eigenvalue weighted by molar-refractivity contribution is 7.89. The van der Waals surface area contributed by atoms with Crippen LogP contribution in [0.3, 0.4) is 0 Å². The van der Waals surface area contributed by atoms with Gasteiger partial charge in [-0.2, -0.15) is 4.31 Å². The topological polar surface area (TPSA) is 65.1 Å². The van der Waals surface area contributed by atoms with Crippen LogP contribution in [0.4, 0.5) is 0 Å². The van der Waals surface area contributed by atoms with Crippen molar-refractivity contribution in [2.75, 3.05) is 40.5 Å². The Morgan fingerprint density at radius 2 is 2.14 bits per heavy atom. The molecule has 1 aliphatic heterocycles. The summed E-state index contributed by atoms with van der Waals surface area (Å²) in [4.78, 5) is 0.287. The van der Waals surface area contributed by atoms with E-state index < -0.39 is 10.0 Å². The van der Waals surface area contributed by atoms with E-state index in [2.05, 4.69) is 0 Å². The summed E-state index contributed by atoms with van der Waals surface area (Å²) in [5.41, 5.74) is 0.834. The molecular weight excluding hydrogens is 294 g/mol. The van der Waals surface area contributed by atoms with Crippen molar-refractivity contribution in [2.45, 2.75) is 17.6 Å². The molecule has 0 N–H and O–H groups in total. The molecule has 1 aromatic rings. The van der Waals surface area contributed by atoms with Crippen LogP contribution in [0.25, 0.3) is 0 Å². The van der Waals surface area contributed by atoms with Gasteiger partial charge in [-0.05, 0) is 17.7 Å². The highest BCUT2D eigenvalue weighted by Gasteiger charge is 2.30. The number of hydrogen-bond acceptors (Lipinski definition) is 5. The van der Waals surface area contributed by atoms with E-state index >= 15 is 0 Å². The fraction of sp³-hybridized carbons (Fsp3) is 0.571. The molecule has 21 heavy (non-hydrogen) atoms. The number of nitrogens with zero attached hydrogens (tertiary/aromatic N) is 1. The van der Waals surface area contributed by atoms with Crippen molar-refractivity contribution in [1.29, 1.82) is 0 Å². The van der Waals surface area contributed by atoms with E-state index in [0.29, 0.717) is 32.9 Å². The fourth-order valence-electron chi connectivity index (χ4n) is 2.31. The van der Waals surface area contributed by atoms with Crippen LogP contribution >= 0.6 is 0 Å². The Bertz CT molecular complexity index is 558. The molecule has 2 rings (SSSR count). The van der Waals surface area contributed by atoms with Gasteiger partial charge in [-0.15, -0.1) is 0 Å². The van der Waals surface area contributed by atoms with Gasteiger partial charge in [0, 0.05) is 27.3 Å². The van der Waals surface area contributed by atoms with Crippen molar-refractivity contribution in [1.82, 2.24) is 4.31 Å². The normalized spacial score (nSPS) is 20.6. The van der Waals surface area contributed by atoms with Crippen molar-refractivity contribution < 1.29 is 22.6 Å².